The van der Waals surface area contributed by atoms with Gasteiger partial charge in [-0.1, -0.05) is 260 Å². The summed E-state index contributed by atoms with van der Waals surface area (Å²) in [5, 5.41) is 5.12. The Labute approximate surface area is 522 Å². The van der Waals surface area contributed by atoms with E-state index in [2.05, 4.69) is 305 Å². The molecule has 7 aromatic carbocycles. The van der Waals surface area contributed by atoms with Crippen LogP contribution in [-0.4, -0.2) is 9.13 Å². The number of nitrogens with zero attached hydrogens (tertiary/aromatic N) is 6. The van der Waals surface area contributed by atoms with E-state index in [1.807, 2.05) is 0 Å². The summed E-state index contributed by atoms with van der Waals surface area (Å²) in [5.74, 6) is 1.63. The fourth-order valence-electron chi connectivity index (χ4n) is 11.4. The number of imidazole rings is 2. The van der Waals surface area contributed by atoms with Crippen LogP contribution in [0.15, 0.2) is 121 Å². The number of rotatable bonds is 6. The fraction of sp³-hybridized carbons (Fsp3) is 0.405. The molecular weight excluding hydrogens is 1370 g/mol. The zero-order valence-corrected chi connectivity index (χ0v) is 57.5. The Bertz CT molecular complexity index is 3630. The van der Waals surface area contributed by atoms with E-state index < -0.39 is 0 Å². The smallest absolute Gasteiger partial charge is 0.244 e. The summed E-state index contributed by atoms with van der Waals surface area (Å²) in [6.45, 7) is 45.3. The van der Waals surface area contributed by atoms with Crippen LogP contribution < -0.4 is 19.1 Å². The molecule has 0 aliphatic heterocycles. The minimum atomic E-state index is 0. The summed E-state index contributed by atoms with van der Waals surface area (Å²) in [6.07, 6.45) is 7.33. The Morgan fingerprint density at radius 2 is 0.598 bits per heavy atom. The van der Waals surface area contributed by atoms with Crippen LogP contribution in [-0.2, 0) is 80.5 Å². The van der Waals surface area contributed by atoms with Gasteiger partial charge in [-0.2, -0.15) is 0 Å². The molecule has 0 unspecified atom stereocenters. The summed E-state index contributed by atoms with van der Waals surface area (Å²) in [5.41, 5.74) is 23.1. The second-order valence-electron chi connectivity index (χ2n) is 28.2. The van der Waals surface area contributed by atoms with Crippen molar-refractivity contribution in [2.45, 2.75) is 184 Å². The molecule has 6 nitrogen and oxygen atoms in total. The van der Waals surface area contributed by atoms with Gasteiger partial charge in [0.25, 0.3) is 0 Å². The van der Waals surface area contributed by atoms with Crippen LogP contribution in [0.4, 0.5) is 0 Å². The molecule has 8 heteroatoms. The SMILES string of the molecule is CC(C)(C)c1ccc2[n-]c3ccc(C(C)(C)C)cc3c2c1.CC(C)(C)c1ccc2[n-]c3ccc(C(C)(C)C)cc3c2c1.CC(C)c1cccc(C(C)C)c1-n1[c-][n+](C)c2cc3c(cc21)n(-c1c(C(C)C)cccc1C(C)C)[c-][n+]3C.[Au].[Au]. The monoisotopic (exact) mass is 1460 g/mol. The second kappa shape index (κ2) is 23.9. The average molecular weight is 1460 g/mol. The molecular formula is C74H90Au2N6-2. The first-order chi connectivity index (χ1) is 37.3. The van der Waals surface area contributed by atoms with Gasteiger partial charge in [0.2, 0.25) is 12.7 Å². The van der Waals surface area contributed by atoms with Crippen molar-refractivity contribution >= 4 is 65.7 Å². The molecule has 0 spiro atoms. The molecule has 0 saturated heterocycles. The van der Waals surface area contributed by atoms with Crippen molar-refractivity contribution in [3.05, 3.63) is 178 Å². The average Bonchev–Trinajstić information content (AvgIpc) is 4.18. The van der Waals surface area contributed by atoms with Crippen molar-refractivity contribution in [1.82, 2.24) is 19.1 Å². The molecule has 0 aliphatic rings. The van der Waals surface area contributed by atoms with Crippen LogP contribution in [0.5, 0.6) is 0 Å². The van der Waals surface area contributed by atoms with E-state index in [4.69, 9.17) is 9.97 Å². The maximum atomic E-state index is 4.76. The van der Waals surface area contributed by atoms with Gasteiger partial charge >= 0.3 is 0 Å². The van der Waals surface area contributed by atoms with E-state index in [-0.39, 0.29) is 66.4 Å². The summed E-state index contributed by atoms with van der Waals surface area (Å²) in [6, 6.07) is 44.9. The van der Waals surface area contributed by atoms with Gasteiger partial charge in [-0.15, -0.1) is 22.1 Å². The number of benzene rings is 7. The van der Waals surface area contributed by atoms with Crippen LogP contribution >= 0.6 is 0 Å². The van der Waals surface area contributed by atoms with Gasteiger partial charge in [-0.3, -0.25) is 0 Å². The molecule has 4 heterocycles. The van der Waals surface area contributed by atoms with Crippen LogP contribution in [0.3, 0.4) is 0 Å². The number of para-hydroxylation sites is 2. The van der Waals surface area contributed by atoms with Crippen LogP contribution in [0.25, 0.3) is 77.1 Å². The largest absolute Gasteiger partial charge is 0.657 e. The third-order valence-electron chi connectivity index (χ3n) is 16.4. The van der Waals surface area contributed by atoms with Crippen LogP contribution in [0.2, 0.25) is 0 Å². The van der Waals surface area contributed by atoms with Crippen molar-refractivity contribution in [1.29, 1.82) is 0 Å². The van der Waals surface area contributed by atoms with Gasteiger partial charge in [0.05, 0.1) is 36.5 Å². The third-order valence-corrected chi connectivity index (χ3v) is 16.4. The predicted octanol–water partition coefficient (Wildman–Crippen LogP) is 18.4. The Morgan fingerprint density at radius 1 is 0.354 bits per heavy atom. The Hall–Kier alpha value is -5.44. The van der Waals surface area contributed by atoms with E-state index in [1.54, 1.807) is 0 Å². The molecule has 0 fully saturated rings. The molecule has 0 amide bonds. The molecule has 0 bridgehead atoms. The molecule has 82 heavy (non-hydrogen) atoms. The molecule has 0 aliphatic carbocycles. The number of fused-ring (bicyclic) bond motifs is 8. The standard InChI is InChI=1S/C34H42N4.2C20H24N.2Au/c1-21(2)25-13-11-14-26(22(3)4)33(25)37-19-35(9)29-17-30-32(18-31(29)37)38(20-36(30)10)34-27(23(5)6)15-12-16-28(34)24(7)8;2*1-19(2,3)13-7-9-17-15(11-13)16-12-14(20(4,5)6)8-10-18(16)21-17;;/h11-18,21-24H,1-10H3;2*7-12H,1-6H3;;/q;2*-1;;. The molecule has 440 valence electrons. The molecule has 2 radical (unpaired) electrons. The first kappa shape index (κ1) is 64.1. The van der Waals surface area contributed by atoms with Gasteiger partial charge in [-0.25, -0.2) is 0 Å². The molecule has 0 N–H and O–H groups in total. The van der Waals surface area contributed by atoms with Crippen molar-refractivity contribution in [2.75, 3.05) is 0 Å². The molecule has 4 aromatic heterocycles. The van der Waals surface area contributed by atoms with Gasteiger partial charge in [0.15, 0.2) is 0 Å². The second-order valence-corrected chi connectivity index (χ2v) is 28.2. The molecule has 11 aromatic rings. The fourth-order valence-corrected chi connectivity index (χ4v) is 11.4. The Kier molecular flexibility index (Phi) is 18.7. The van der Waals surface area contributed by atoms with Crippen molar-refractivity contribution < 1.29 is 53.9 Å². The summed E-state index contributed by atoms with van der Waals surface area (Å²) < 4.78 is 8.87. The topological polar surface area (TPSA) is 45.8 Å². The number of aromatic nitrogens is 6. The minimum Gasteiger partial charge on any atom is -0.657 e. The van der Waals surface area contributed by atoms with Crippen molar-refractivity contribution in [3.8, 4) is 11.4 Å². The van der Waals surface area contributed by atoms with Crippen LogP contribution in [0.1, 0.15) is 207 Å². The zero-order chi connectivity index (χ0) is 58.3. The van der Waals surface area contributed by atoms with E-state index in [0.29, 0.717) is 23.7 Å². The van der Waals surface area contributed by atoms with E-state index in [9.17, 15) is 0 Å². The van der Waals surface area contributed by atoms with Gasteiger partial charge in [-0.05, 0) is 111 Å². The Balaban J connectivity index is 0.000000188. The molecule has 0 atom stereocenters. The van der Waals surface area contributed by atoms with Gasteiger partial charge in [0, 0.05) is 55.8 Å². The first-order valence-electron chi connectivity index (χ1n) is 29.4. The summed E-state index contributed by atoms with van der Waals surface area (Å²) >= 11 is 0. The quantitative estimate of drug-likeness (QED) is 0.0946. The zero-order valence-electron chi connectivity index (χ0n) is 53.1. The van der Waals surface area contributed by atoms with Crippen molar-refractivity contribution in [2.24, 2.45) is 14.1 Å². The summed E-state index contributed by atoms with van der Waals surface area (Å²) in [7, 11) is 4.20. The van der Waals surface area contributed by atoms with Gasteiger partial charge < -0.3 is 28.2 Å². The summed E-state index contributed by atoms with van der Waals surface area (Å²) in [4.78, 5) is 9.52. The maximum absolute atomic E-state index is 4.76. The number of hydrogen-bond donors (Lipinski definition) is 0. The predicted molar refractivity (Wildman–Crippen MR) is 341 cm³/mol. The van der Waals surface area contributed by atoms with Gasteiger partial charge in [0.1, 0.15) is 0 Å². The van der Waals surface area contributed by atoms with E-state index >= 15 is 0 Å². The number of hydrogen-bond acceptors (Lipinski definition) is 0. The normalized spacial score (nSPS) is 12.5. The van der Waals surface area contributed by atoms with E-state index in [1.165, 1.54) is 77.4 Å². The number of aryl methyl sites for hydroxylation is 2. The maximum Gasteiger partial charge on any atom is 0.244 e. The first-order valence-corrected chi connectivity index (χ1v) is 29.4. The third kappa shape index (κ3) is 12.7. The molecule has 0 saturated carbocycles. The van der Waals surface area contributed by atoms with Crippen LogP contribution in [0, 0.1) is 12.7 Å². The minimum absolute atomic E-state index is 0. The molecule has 11 rings (SSSR count). The Morgan fingerprint density at radius 3 is 0.817 bits per heavy atom. The van der Waals surface area contributed by atoms with Crippen molar-refractivity contribution in [3.63, 3.8) is 0 Å². The van der Waals surface area contributed by atoms with E-state index in [0.717, 1.165) is 44.1 Å².